The third-order valence-electron chi connectivity index (χ3n) is 5.99. The number of nitrogens with zero attached hydrogens (tertiary/aromatic N) is 1. The first-order chi connectivity index (χ1) is 20.9. The summed E-state index contributed by atoms with van der Waals surface area (Å²) in [5, 5.41) is 10.6. The van der Waals surface area contributed by atoms with Gasteiger partial charge in [0.1, 0.15) is 11.5 Å². The Labute approximate surface area is 255 Å². The van der Waals surface area contributed by atoms with Gasteiger partial charge in [0.15, 0.2) is 5.13 Å². The Morgan fingerprint density at radius 3 is 2.30 bits per heavy atom. The predicted octanol–water partition coefficient (Wildman–Crippen LogP) is 7.09. The summed E-state index contributed by atoms with van der Waals surface area (Å²) in [6.45, 7) is 0. The van der Waals surface area contributed by atoms with Gasteiger partial charge in [-0.25, -0.2) is 9.37 Å². The van der Waals surface area contributed by atoms with Gasteiger partial charge in [-0.05, 0) is 66.2 Å². The van der Waals surface area contributed by atoms with E-state index in [1.807, 2.05) is 42.5 Å². The number of carbonyl (C=O) groups is 3. The Kier molecular flexibility index (Phi) is 9.73. The molecule has 0 aliphatic rings. The summed E-state index contributed by atoms with van der Waals surface area (Å²) in [5.74, 6) is -1.34. The molecule has 0 bridgehead atoms. The fraction of sp³-hybridized carbons (Fsp3) is 0.0303. The molecule has 214 valence electrons. The minimum Gasteiger partial charge on any atom is -0.321 e. The molecule has 3 amide bonds. The number of nitrogens with one attached hydrogen (secondary N) is 3. The molecule has 0 saturated carbocycles. The van der Waals surface area contributed by atoms with E-state index in [0.29, 0.717) is 22.1 Å². The molecule has 0 unspecified atom stereocenters. The molecule has 0 atom stereocenters. The average Bonchev–Trinajstić information content (AvgIpc) is 3.49. The van der Waals surface area contributed by atoms with Crippen molar-refractivity contribution in [3.63, 3.8) is 0 Å². The number of halogens is 1. The van der Waals surface area contributed by atoms with E-state index >= 15 is 0 Å². The average molecular weight is 609 g/mol. The fourth-order valence-corrected chi connectivity index (χ4v) is 5.40. The maximum Gasteiger partial charge on any atom is 0.272 e. The molecule has 1 aromatic heterocycles. The Balaban J connectivity index is 1.21. The molecule has 0 fully saturated rings. The Hall–Kier alpha value is -5.06. The van der Waals surface area contributed by atoms with Crippen LogP contribution in [0.4, 0.5) is 15.2 Å². The van der Waals surface area contributed by atoms with Crippen molar-refractivity contribution in [1.29, 1.82) is 0 Å². The van der Waals surface area contributed by atoms with E-state index < -0.39 is 11.8 Å². The second-order valence-corrected chi connectivity index (χ2v) is 11.1. The molecule has 0 saturated heterocycles. The molecular formula is C33H25FN4O3S2. The van der Waals surface area contributed by atoms with Gasteiger partial charge in [0.2, 0.25) is 5.91 Å². The van der Waals surface area contributed by atoms with Crippen LogP contribution in [-0.2, 0) is 9.59 Å². The third-order valence-corrected chi connectivity index (χ3v) is 7.74. The molecule has 43 heavy (non-hydrogen) atoms. The van der Waals surface area contributed by atoms with Gasteiger partial charge in [0.05, 0.1) is 11.4 Å². The first-order valence-electron chi connectivity index (χ1n) is 13.1. The number of thioether (sulfide) groups is 1. The first kappa shape index (κ1) is 29.4. The standard InChI is InChI=1S/C33H25FN4O3S2/c34-25-16-14-23(15-17-25)29-20-43-33(37-29)38-30(39)21-42-27-13-7-12-26(19-27)35-32(41)28(18-22-8-3-1-4-9-22)36-31(40)24-10-5-2-6-11-24/h1-20H,21H2,(H,35,41)(H,36,40)(H,37,38,39)/b28-18-. The molecule has 10 heteroatoms. The van der Waals surface area contributed by atoms with Gasteiger partial charge in [0.25, 0.3) is 11.8 Å². The number of anilines is 2. The third kappa shape index (κ3) is 8.48. The van der Waals surface area contributed by atoms with Crippen LogP contribution < -0.4 is 16.0 Å². The zero-order valence-electron chi connectivity index (χ0n) is 22.6. The van der Waals surface area contributed by atoms with E-state index in [4.69, 9.17) is 0 Å². The molecule has 7 nitrogen and oxygen atoms in total. The molecule has 0 aliphatic heterocycles. The van der Waals surface area contributed by atoms with Crippen molar-refractivity contribution in [2.75, 3.05) is 16.4 Å². The van der Waals surface area contributed by atoms with Crippen LogP contribution in [0.15, 0.2) is 125 Å². The highest BCUT2D eigenvalue weighted by atomic mass is 32.2. The van der Waals surface area contributed by atoms with Crippen LogP contribution in [0.3, 0.4) is 0 Å². The number of rotatable bonds is 10. The molecule has 0 radical (unpaired) electrons. The molecular weight excluding hydrogens is 584 g/mol. The molecule has 3 N–H and O–H groups in total. The van der Waals surface area contributed by atoms with Crippen LogP contribution >= 0.6 is 23.1 Å². The molecule has 5 aromatic rings. The van der Waals surface area contributed by atoms with E-state index in [-0.39, 0.29) is 23.2 Å². The molecule has 0 spiro atoms. The number of hydrogen-bond donors (Lipinski definition) is 3. The second-order valence-electron chi connectivity index (χ2n) is 9.15. The van der Waals surface area contributed by atoms with Crippen molar-refractivity contribution in [2.24, 2.45) is 0 Å². The SMILES string of the molecule is O=C(CSc1cccc(NC(=O)/C(=C/c2ccccc2)NC(=O)c2ccccc2)c1)Nc1nc(-c2ccc(F)cc2)cs1. The van der Waals surface area contributed by atoms with Crippen LogP contribution in [0.1, 0.15) is 15.9 Å². The smallest absolute Gasteiger partial charge is 0.272 e. The maximum atomic E-state index is 13.3. The molecule has 0 aliphatic carbocycles. The fourth-order valence-electron chi connectivity index (χ4n) is 3.91. The number of amides is 3. The summed E-state index contributed by atoms with van der Waals surface area (Å²) in [6.07, 6.45) is 1.61. The van der Waals surface area contributed by atoms with Gasteiger partial charge in [-0.15, -0.1) is 23.1 Å². The van der Waals surface area contributed by atoms with E-state index in [1.54, 1.807) is 66.1 Å². The number of benzene rings is 4. The summed E-state index contributed by atoms with van der Waals surface area (Å²) in [4.78, 5) is 43.9. The highest BCUT2D eigenvalue weighted by Crippen LogP contribution is 2.26. The van der Waals surface area contributed by atoms with Gasteiger partial charge in [-0.1, -0.05) is 54.6 Å². The largest absolute Gasteiger partial charge is 0.321 e. The van der Waals surface area contributed by atoms with Crippen LogP contribution in [0.5, 0.6) is 0 Å². The van der Waals surface area contributed by atoms with Crippen molar-refractivity contribution in [3.8, 4) is 11.3 Å². The summed E-state index contributed by atoms with van der Waals surface area (Å²) in [7, 11) is 0. The molecule has 1 heterocycles. The first-order valence-corrected chi connectivity index (χ1v) is 15.0. The Morgan fingerprint density at radius 1 is 0.837 bits per heavy atom. The van der Waals surface area contributed by atoms with Crippen LogP contribution in [0.2, 0.25) is 0 Å². The lowest BCUT2D eigenvalue weighted by Crippen LogP contribution is -2.30. The molecule has 4 aromatic carbocycles. The number of carbonyl (C=O) groups excluding carboxylic acids is 3. The highest BCUT2D eigenvalue weighted by molar-refractivity contribution is 8.00. The monoisotopic (exact) mass is 608 g/mol. The normalized spacial score (nSPS) is 11.0. The lowest BCUT2D eigenvalue weighted by Gasteiger charge is -2.12. The molecule has 5 rings (SSSR count). The summed E-state index contributed by atoms with van der Waals surface area (Å²) in [5.41, 5.74) is 3.18. The van der Waals surface area contributed by atoms with E-state index in [9.17, 15) is 18.8 Å². The highest BCUT2D eigenvalue weighted by Gasteiger charge is 2.16. The van der Waals surface area contributed by atoms with Crippen LogP contribution in [-0.4, -0.2) is 28.5 Å². The Morgan fingerprint density at radius 2 is 1.56 bits per heavy atom. The van der Waals surface area contributed by atoms with E-state index in [0.717, 1.165) is 16.0 Å². The minimum absolute atomic E-state index is 0.0842. The van der Waals surface area contributed by atoms with Gasteiger partial charge >= 0.3 is 0 Å². The summed E-state index contributed by atoms with van der Waals surface area (Å²) >= 11 is 2.59. The van der Waals surface area contributed by atoms with Crippen molar-refractivity contribution in [3.05, 3.63) is 137 Å². The van der Waals surface area contributed by atoms with Crippen LogP contribution in [0.25, 0.3) is 17.3 Å². The summed E-state index contributed by atoms with van der Waals surface area (Å²) < 4.78 is 13.2. The van der Waals surface area contributed by atoms with Crippen molar-refractivity contribution in [1.82, 2.24) is 10.3 Å². The predicted molar refractivity (Wildman–Crippen MR) is 170 cm³/mol. The van der Waals surface area contributed by atoms with Crippen LogP contribution in [0, 0.1) is 5.82 Å². The second kappa shape index (κ2) is 14.2. The summed E-state index contributed by atoms with van der Waals surface area (Å²) in [6, 6.07) is 31.0. The topological polar surface area (TPSA) is 100 Å². The van der Waals surface area contributed by atoms with Gasteiger partial charge < -0.3 is 16.0 Å². The van der Waals surface area contributed by atoms with Gasteiger partial charge in [-0.2, -0.15) is 0 Å². The lowest BCUT2D eigenvalue weighted by atomic mass is 10.1. The maximum absolute atomic E-state index is 13.3. The van der Waals surface area contributed by atoms with Gasteiger partial charge in [0, 0.05) is 27.1 Å². The van der Waals surface area contributed by atoms with E-state index in [2.05, 4.69) is 20.9 Å². The quantitative estimate of drug-likeness (QED) is 0.116. The Bertz CT molecular complexity index is 1760. The number of hydrogen-bond acceptors (Lipinski definition) is 6. The van der Waals surface area contributed by atoms with Gasteiger partial charge in [-0.3, -0.25) is 14.4 Å². The zero-order valence-corrected chi connectivity index (χ0v) is 24.3. The number of aromatic nitrogens is 1. The van der Waals surface area contributed by atoms with Crippen molar-refractivity contribution in [2.45, 2.75) is 4.90 Å². The zero-order chi connectivity index (χ0) is 30.0. The van der Waals surface area contributed by atoms with E-state index in [1.165, 1.54) is 35.2 Å². The number of thiazole rings is 1. The minimum atomic E-state index is -0.492. The van der Waals surface area contributed by atoms with Crippen molar-refractivity contribution < 1.29 is 18.8 Å². The van der Waals surface area contributed by atoms with Crippen molar-refractivity contribution >= 4 is 57.7 Å². The lowest BCUT2D eigenvalue weighted by molar-refractivity contribution is -0.114.